The number of rotatable bonds is 3. The molecule has 0 bridgehead atoms. The zero-order chi connectivity index (χ0) is 14.9. The van der Waals surface area contributed by atoms with Crippen molar-refractivity contribution in [2.75, 3.05) is 0 Å². The molecule has 0 spiro atoms. The first kappa shape index (κ1) is 15.3. The van der Waals surface area contributed by atoms with Gasteiger partial charge in [0.05, 0.1) is 4.47 Å². The number of aryl methyl sites for hydroxylation is 2. The molecule has 0 unspecified atom stereocenters. The quantitative estimate of drug-likeness (QED) is 0.809. The van der Waals surface area contributed by atoms with E-state index in [9.17, 15) is 0 Å². The first-order chi connectivity index (χ1) is 9.38. The summed E-state index contributed by atoms with van der Waals surface area (Å²) >= 11 is 8.87. The molecule has 0 saturated heterocycles. The van der Waals surface area contributed by atoms with E-state index in [-0.39, 0.29) is 0 Å². The van der Waals surface area contributed by atoms with Crippen molar-refractivity contribution in [2.45, 2.75) is 34.1 Å². The van der Waals surface area contributed by atoms with Gasteiger partial charge in [-0.15, -0.1) is 0 Å². The van der Waals surface area contributed by atoms with Gasteiger partial charge in [0.15, 0.2) is 5.82 Å². The molecule has 0 aliphatic carbocycles. The van der Waals surface area contributed by atoms with Gasteiger partial charge in [-0.1, -0.05) is 32.1 Å². The molecule has 5 heteroatoms. The Morgan fingerprint density at radius 3 is 2.65 bits per heavy atom. The fourth-order valence-electron chi connectivity index (χ4n) is 2.13. The van der Waals surface area contributed by atoms with Crippen LogP contribution in [0.5, 0.6) is 0 Å². The Hall–Kier alpha value is -1.07. The summed E-state index contributed by atoms with van der Waals surface area (Å²) in [7, 11) is 0. The molecule has 0 aromatic carbocycles. The maximum absolute atomic E-state index is 5.34. The lowest BCUT2D eigenvalue weighted by molar-refractivity contribution is 0.632. The van der Waals surface area contributed by atoms with Gasteiger partial charge in [0.2, 0.25) is 0 Å². The zero-order valence-electron chi connectivity index (χ0n) is 12.1. The average Bonchev–Trinajstić information content (AvgIpc) is 2.34. The third-order valence-electron chi connectivity index (χ3n) is 2.99. The molecule has 2 aromatic heterocycles. The number of halogens is 1. The molecule has 0 aliphatic heterocycles. The van der Waals surface area contributed by atoms with Crippen LogP contribution in [0.1, 0.15) is 30.7 Å². The number of aromatic amines is 1. The highest BCUT2D eigenvalue weighted by molar-refractivity contribution is 9.10. The highest BCUT2D eigenvalue weighted by Crippen LogP contribution is 2.24. The summed E-state index contributed by atoms with van der Waals surface area (Å²) in [5, 5.41) is 0. The lowest BCUT2D eigenvalue weighted by Crippen LogP contribution is -2.04. The minimum atomic E-state index is 0.541. The molecule has 3 nitrogen and oxygen atoms in total. The van der Waals surface area contributed by atoms with Gasteiger partial charge in [0.1, 0.15) is 10.3 Å². The summed E-state index contributed by atoms with van der Waals surface area (Å²) < 4.78 is 1.46. The molecule has 0 radical (unpaired) electrons. The van der Waals surface area contributed by atoms with Gasteiger partial charge >= 0.3 is 0 Å². The molecule has 0 fully saturated rings. The van der Waals surface area contributed by atoms with Gasteiger partial charge in [0, 0.05) is 11.9 Å². The van der Waals surface area contributed by atoms with Crippen molar-refractivity contribution in [3.63, 3.8) is 0 Å². The minimum Gasteiger partial charge on any atom is -0.341 e. The molecule has 2 heterocycles. The van der Waals surface area contributed by atoms with E-state index in [0.717, 1.165) is 39.2 Å². The van der Waals surface area contributed by atoms with Crippen molar-refractivity contribution in [1.29, 1.82) is 0 Å². The Bertz CT molecular complexity index is 692. The van der Waals surface area contributed by atoms with Crippen molar-refractivity contribution in [1.82, 2.24) is 15.0 Å². The van der Waals surface area contributed by atoms with E-state index >= 15 is 0 Å². The molecular weight excluding hydrogens is 334 g/mol. The van der Waals surface area contributed by atoms with E-state index in [1.807, 2.05) is 20.0 Å². The molecule has 0 aliphatic rings. The SMILES string of the molecule is Cc1cnc(-c2nc(=S)c(Br)c(CC(C)C)[nH]2)c(C)c1. The van der Waals surface area contributed by atoms with Crippen molar-refractivity contribution in [3.8, 4) is 11.5 Å². The molecule has 0 saturated carbocycles. The van der Waals surface area contributed by atoms with Crippen LogP contribution < -0.4 is 0 Å². The van der Waals surface area contributed by atoms with Gasteiger partial charge in [0.25, 0.3) is 0 Å². The van der Waals surface area contributed by atoms with Gasteiger partial charge in [-0.05, 0) is 53.2 Å². The lowest BCUT2D eigenvalue weighted by Gasteiger charge is -2.11. The maximum atomic E-state index is 5.34. The molecule has 2 rings (SSSR count). The number of nitrogens with one attached hydrogen (secondary N) is 1. The number of pyridine rings is 1. The summed E-state index contributed by atoms with van der Waals surface area (Å²) in [6.07, 6.45) is 2.77. The molecule has 106 valence electrons. The van der Waals surface area contributed by atoms with E-state index in [1.165, 1.54) is 0 Å². The molecule has 20 heavy (non-hydrogen) atoms. The fourth-order valence-corrected chi connectivity index (χ4v) is 2.69. The number of nitrogens with zero attached hydrogens (tertiary/aromatic N) is 2. The Morgan fingerprint density at radius 1 is 1.35 bits per heavy atom. The summed E-state index contributed by atoms with van der Waals surface area (Å²) in [6.45, 7) is 8.43. The third kappa shape index (κ3) is 3.33. The molecule has 0 amide bonds. The second-order valence-electron chi connectivity index (χ2n) is 5.46. The minimum absolute atomic E-state index is 0.541. The van der Waals surface area contributed by atoms with Crippen LogP contribution in [0, 0.1) is 24.4 Å². The largest absolute Gasteiger partial charge is 0.341 e. The van der Waals surface area contributed by atoms with Crippen molar-refractivity contribution >= 4 is 28.1 Å². The molecule has 1 N–H and O–H groups in total. The summed E-state index contributed by atoms with van der Waals surface area (Å²) in [4.78, 5) is 12.3. The van der Waals surface area contributed by atoms with Crippen molar-refractivity contribution in [2.24, 2.45) is 5.92 Å². The standard InChI is InChI=1S/C15H18BrN3S/c1-8(2)5-11-12(16)15(20)19-14(18-11)13-10(4)6-9(3)7-17-13/h6-8H,5H2,1-4H3,(H,18,19,20). The molecular formula is C15H18BrN3S. The number of hydrogen-bond donors (Lipinski definition) is 1. The zero-order valence-corrected chi connectivity index (χ0v) is 14.5. The number of hydrogen-bond acceptors (Lipinski definition) is 3. The van der Waals surface area contributed by atoms with Gasteiger partial charge in [-0.25, -0.2) is 4.98 Å². The van der Waals surface area contributed by atoms with E-state index in [1.54, 1.807) is 0 Å². The maximum Gasteiger partial charge on any atom is 0.158 e. The molecule has 0 atom stereocenters. The topological polar surface area (TPSA) is 41.6 Å². The van der Waals surface area contributed by atoms with Crippen LogP contribution in [-0.2, 0) is 6.42 Å². The number of H-pyrrole nitrogens is 1. The summed E-state index contributed by atoms with van der Waals surface area (Å²) in [5.74, 6) is 1.28. The lowest BCUT2D eigenvalue weighted by atomic mass is 10.1. The smallest absolute Gasteiger partial charge is 0.158 e. The van der Waals surface area contributed by atoms with Crippen LogP contribution in [0.2, 0.25) is 0 Å². The Kier molecular flexibility index (Phi) is 4.70. The number of aromatic nitrogens is 3. The monoisotopic (exact) mass is 351 g/mol. The highest BCUT2D eigenvalue weighted by atomic mass is 79.9. The van der Waals surface area contributed by atoms with E-state index in [0.29, 0.717) is 10.6 Å². The van der Waals surface area contributed by atoms with E-state index in [4.69, 9.17) is 12.2 Å². The van der Waals surface area contributed by atoms with Crippen LogP contribution in [-0.4, -0.2) is 15.0 Å². The summed E-state index contributed by atoms with van der Waals surface area (Å²) in [6, 6.07) is 2.10. The summed E-state index contributed by atoms with van der Waals surface area (Å²) in [5.41, 5.74) is 4.18. The van der Waals surface area contributed by atoms with E-state index in [2.05, 4.69) is 50.8 Å². The Balaban J connectivity index is 2.57. The second kappa shape index (κ2) is 6.14. The van der Waals surface area contributed by atoms with Crippen LogP contribution in [0.4, 0.5) is 0 Å². The normalized spacial score (nSPS) is 11.1. The highest BCUT2D eigenvalue weighted by Gasteiger charge is 2.12. The Labute approximate surface area is 133 Å². The van der Waals surface area contributed by atoms with Crippen LogP contribution >= 0.6 is 28.1 Å². The van der Waals surface area contributed by atoms with Crippen LogP contribution in [0.3, 0.4) is 0 Å². The molecule has 2 aromatic rings. The second-order valence-corrected chi connectivity index (χ2v) is 6.64. The first-order valence-electron chi connectivity index (χ1n) is 6.60. The van der Waals surface area contributed by atoms with Crippen LogP contribution in [0.25, 0.3) is 11.5 Å². The van der Waals surface area contributed by atoms with Crippen molar-refractivity contribution in [3.05, 3.63) is 38.2 Å². The van der Waals surface area contributed by atoms with E-state index < -0.39 is 0 Å². The van der Waals surface area contributed by atoms with Crippen LogP contribution in [0.15, 0.2) is 16.7 Å². The van der Waals surface area contributed by atoms with Crippen molar-refractivity contribution < 1.29 is 0 Å². The van der Waals surface area contributed by atoms with Gasteiger partial charge in [-0.2, -0.15) is 0 Å². The predicted octanol–water partition coefficient (Wildman–Crippen LogP) is 4.78. The predicted molar refractivity (Wildman–Crippen MR) is 88.4 cm³/mol. The van der Waals surface area contributed by atoms with Gasteiger partial charge < -0.3 is 4.98 Å². The third-order valence-corrected chi connectivity index (χ3v) is 4.40. The van der Waals surface area contributed by atoms with Gasteiger partial charge in [-0.3, -0.25) is 4.98 Å². The average molecular weight is 352 g/mol. The fraction of sp³-hybridized carbons (Fsp3) is 0.400. The first-order valence-corrected chi connectivity index (χ1v) is 7.81. The Morgan fingerprint density at radius 2 is 2.05 bits per heavy atom.